The Bertz CT molecular complexity index is 597. The molecule has 3 heteroatoms. The van der Waals surface area contributed by atoms with Crippen LogP contribution < -0.4 is 10.6 Å². The molecule has 1 heterocycles. The highest BCUT2D eigenvalue weighted by Crippen LogP contribution is 2.32. The van der Waals surface area contributed by atoms with Gasteiger partial charge in [-0.1, -0.05) is 35.9 Å². The molecule has 2 nitrogen and oxygen atoms in total. The summed E-state index contributed by atoms with van der Waals surface area (Å²) < 4.78 is 0. The van der Waals surface area contributed by atoms with E-state index in [0.29, 0.717) is 0 Å². The van der Waals surface area contributed by atoms with Crippen LogP contribution in [0.5, 0.6) is 0 Å². The van der Waals surface area contributed by atoms with Crippen molar-refractivity contribution < 1.29 is 0 Å². The molecule has 0 aromatic heterocycles. The van der Waals surface area contributed by atoms with E-state index in [0.717, 1.165) is 24.5 Å². The van der Waals surface area contributed by atoms with Crippen LogP contribution in [-0.4, -0.2) is 6.04 Å². The fourth-order valence-corrected chi connectivity index (χ4v) is 3.07. The van der Waals surface area contributed by atoms with Gasteiger partial charge in [-0.25, -0.2) is 0 Å². The second-order valence-corrected chi connectivity index (χ2v) is 6.02. The number of anilines is 1. The Hall–Kier alpha value is -1.51. The molecule has 1 atom stereocenters. The van der Waals surface area contributed by atoms with E-state index in [-0.39, 0.29) is 6.04 Å². The van der Waals surface area contributed by atoms with Gasteiger partial charge in [-0.3, -0.25) is 0 Å². The number of halogens is 1. The standard InChI is InChI=1S/C17H19ClN2/c1-12(19)8-15-9-16(18)6-7-17(15)20-10-13-4-2-3-5-14(13)11-20/h2-7,9,12H,8,10-11,19H2,1H3. The van der Waals surface area contributed by atoms with Gasteiger partial charge in [0.05, 0.1) is 0 Å². The van der Waals surface area contributed by atoms with E-state index in [9.17, 15) is 0 Å². The Kier molecular flexibility index (Phi) is 3.68. The molecule has 0 spiro atoms. The Morgan fingerprint density at radius 2 is 1.80 bits per heavy atom. The van der Waals surface area contributed by atoms with Crippen LogP contribution in [0.3, 0.4) is 0 Å². The minimum Gasteiger partial charge on any atom is -0.363 e. The van der Waals surface area contributed by atoms with Gasteiger partial charge in [-0.2, -0.15) is 0 Å². The number of rotatable bonds is 3. The molecule has 1 unspecified atom stereocenters. The number of hydrogen-bond donors (Lipinski definition) is 1. The highest BCUT2D eigenvalue weighted by molar-refractivity contribution is 6.30. The number of nitrogens with zero attached hydrogens (tertiary/aromatic N) is 1. The average Bonchev–Trinajstić information content (AvgIpc) is 2.81. The van der Waals surface area contributed by atoms with Crippen molar-refractivity contribution in [1.82, 2.24) is 0 Å². The molecule has 0 radical (unpaired) electrons. The minimum absolute atomic E-state index is 0.136. The molecule has 2 aromatic rings. The van der Waals surface area contributed by atoms with Gasteiger partial charge in [0.25, 0.3) is 0 Å². The molecule has 0 amide bonds. The fraction of sp³-hybridized carbons (Fsp3) is 0.294. The SMILES string of the molecule is CC(N)Cc1cc(Cl)ccc1N1Cc2ccccc2C1. The summed E-state index contributed by atoms with van der Waals surface area (Å²) in [5.41, 5.74) is 11.3. The van der Waals surface area contributed by atoms with Crippen molar-refractivity contribution in [3.8, 4) is 0 Å². The Balaban J connectivity index is 1.92. The van der Waals surface area contributed by atoms with Gasteiger partial charge in [0, 0.05) is 29.8 Å². The Labute approximate surface area is 125 Å². The molecule has 0 saturated carbocycles. The highest BCUT2D eigenvalue weighted by Gasteiger charge is 2.21. The van der Waals surface area contributed by atoms with Crippen LogP contribution in [0.25, 0.3) is 0 Å². The van der Waals surface area contributed by atoms with E-state index in [1.54, 1.807) is 0 Å². The average molecular weight is 287 g/mol. The van der Waals surface area contributed by atoms with E-state index in [2.05, 4.69) is 35.2 Å². The minimum atomic E-state index is 0.136. The van der Waals surface area contributed by atoms with E-state index >= 15 is 0 Å². The molecule has 0 saturated heterocycles. The van der Waals surface area contributed by atoms with Crippen LogP contribution in [0, 0.1) is 0 Å². The zero-order chi connectivity index (χ0) is 14.1. The first-order valence-electron chi connectivity index (χ1n) is 6.99. The first kappa shape index (κ1) is 13.5. The van der Waals surface area contributed by atoms with Crippen LogP contribution in [0.15, 0.2) is 42.5 Å². The summed E-state index contributed by atoms with van der Waals surface area (Å²) in [6.07, 6.45) is 0.850. The van der Waals surface area contributed by atoms with Crippen LogP contribution in [0.2, 0.25) is 5.02 Å². The first-order valence-corrected chi connectivity index (χ1v) is 7.37. The molecule has 20 heavy (non-hydrogen) atoms. The summed E-state index contributed by atoms with van der Waals surface area (Å²) in [5.74, 6) is 0. The van der Waals surface area contributed by atoms with E-state index in [1.165, 1.54) is 22.4 Å². The Morgan fingerprint density at radius 1 is 1.15 bits per heavy atom. The van der Waals surface area contributed by atoms with Crippen molar-refractivity contribution in [3.63, 3.8) is 0 Å². The van der Waals surface area contributed by atoms with Gasteiger partial charge in [0.15, 0.2) is 0 Å². The normalized spacial score (nSPS) is 15.2. The third kappa shape index (κ3) is 2.67. The maximum atomic E-state index is 6.14. The lowest BCUT2D eigenvalue weighted by Crippen LogP contribution is -2.21. The van der Waals surface area contributed by atoms with Crippen molar-refractivity contribution in [1.29, 1.82) is 0 Å². The molecule has 3 rings (SSSR count). The van der Waals surface area contributed by atoms with E-state index < -0.39 is 0 Å². The monoisotopic (exact) mass is 286 g/mol. The number of nitrogens with two attached hydrogens (primary N) is 1. The van der Waals surface area contributed by atoms with Gasteiger partial charge in [0.2, 0.25) is 0 Å². The molecule has 1 aliphatic heterocycles. The van der Waals surface area contributed by atoms with Crippen LogP contribution in [0.1, 0.15) is 23.6 Å². The summed E-state index contributed by atoms with van der Waals surface area (Å²) in [6, 6.07) is 14.9. The molecule has 2 N–H and O–H groups in total. The lowest BCUT2D eigenvalue weighted by Gasteiger charge is -2.22. The van der Waals surface area contributed by atoms with Crippen molar-refractivity contribution >= 4 is 17.3 Å². The summed E-state index contributed by atoms with van der Waals surface area (Å²) >= 11 is 6.14. The molecular weight excluding hydrogens is 268 g/mol. The van der Waals surface area contributed by atoms with Crippen LogP contribution in [-0.2, 0) is 19.5 Å². The molecule has 0 aliphatic carbocycles. The predicted molar refractivity (Wildman–Crippen MR) is 85.1 cm³/mol. The molecule has 1 aliphatic rings. The zero-order valence-corrected chi connectivity index (χ0v) is 12.4. The number of benzene rings is 2. The van der Waals surface area contributed by atoms with Crippen molar-refractivity contribution in [3.05, 3.63) is 64.2 Å². The predicted octanol–water partition coefficient (Wildman–Crippen LogP) is 3.75. The number of fused-ring (bicyclic) bond motifs is 1. The largest absolute Gasteiger partial charge is 0.363 e. The third-order valence-electron chi connectivity index (χ3n) is 3.76. The summed E-state index contributed by atoms with van der Waals surface area (Å²) in [4.78, 5) is 2.40. The van der Waals surface area contributed by atoms with Gasteiger partial charge in [-0.05, 0) is 48.2 Å². The molecule has 2 aromatic carbocycles. The van der Waals surface area contributed by atoms with Gasteiger partial charge >= 0.3 is 0 Å². The van der Waals surface area contributed by atoms with Crippen molar-refractivity contribution in [2.24, 2.45) is 5.73 Å². The van der Waals surface area contributed by atoms with Crippen molar-refractivity contribution in [2.75, 3.05) is 4.90 Å². The van der Waals surface area contributed by atoms with E-state index in [4.69, 9.17) is 17.3 Å². The lowest BCUT2D eigenvalue weighted by molar-refractivity contribution is 0.732. The summed E-state index contributed by atoms with van der Waals surface area (Å²) in [5, 5.41) is 0.779. The molecule has 0 fully saturated rings. The fourth-order valence-electron chi connectivity index (χ4n) is 2.88. The number of hydrogen-bond acceptors (Lipinski definition) is 2. The second-order valence-electron chi connectivity index (χ2n) is 5.58. The third-order valence-corrected chi connectivity index (χ3v) is 4.00. The second kappa shape index (κ2) is 5.47. The lowest BCUT2D eigenvalue weighted by atomic mass is 10.0. The molecular formula is C17H19ClN2. The molecule has 0 bridgehead atoms. The summed E-state index contributed by atoms with van der Waals surface area (Å²) in [7, 11) is 0. The smallest absolute Gasteiger partial charge is 0.0436 e. The molecule has 104 valence electrons. The van der Waals surface area contributed by atoms with Gasteiger partial charge in [0.1, 0.15) is 0 Å². The first-order chi connectivity index (χ1) is 9.63. The quantitative estimate of drug-likeness (QED) is 0.931. The van der Waals surface area contributed by atoms with Crippen molar-refractivity contribution in [2.45, 2.75) is 32.5 Å². The Morgan fingerprint density at radius 3 is 2.40 bits per heavy atom. The maximum Gasteiger partial charge on any atom is 0.0436 e. The van der Waals surface area contributed by atoms with E-state index in [1.807, 2.05) is 19.1 Å². The highest BCUT2D eigenvalue weighted by atomic mass is 35.5. The van der Waals surface area contributed by atoms with Crippen LogP contribution in [0.4, 0.5) is 5.69 Å². The maximum absolute atomic E-state index is 6.14. The summed E-state index contributed by atoms with van der Waals surface area (Å²) in [6.45, 7) is 3.96. The van der Waals surface area contributed by atoms with Gasteiger partial charge in [-0.15, -0.1) is 0 Å². The van der Waals surface area contributed by atoms with Crippen LogP contribution >= 0.6 is 11.6 Å². The van der Waals surface area contributed by atoms with Gasteiger partial charge < -0.3 is 10.6 Å². The topological polar surface area (TPSA) is 29.3 Å². The zero-order valence-electron chi connectivity index (χ0n) is 11.6.